The molecule has 1 N–H and O–H groups in total. The Kier molecular flexibility index (Phi) is 3.68. The number of para-hydroxylation sites is 1. The molecule has 1 aromatic rings. The summed E-state index contributed by atoms with van der Waals surface area (Å²) in [4.78, 5) is 28.1. The number of hydrogen-bond donors (Lipinski definition) is 1. The van der Waals surface area contributed by atoms with E-state index in [9.17, 15) is 9.59 Å². The molecule has 3 rings (SSSR count). The molecule has 1 fully saturated rings. The van der Waals surface area contributed by atoms with E-state index in [1.807, 2.05) is 26.0 Å². The lowest BCUT2D eigenvalue weighted by Crippen LogP contribution is -2.45. The Hall–Kier alpha value is -2.24. The van der Waals surface area contributed by atoms with Crippen LogP contribution in [0.25, 0.3) is 0 Å². The Morgan fingerprint density at radius 1 is 1.32 bits per heavy atom. The molecule has 0 aromatic heterocycles. The summed E-state index contributed by atoms with van der Waals surface area (Å²) in [6.07, 6.45) is -0.199. The average Bonchev–Trinajstić information content (AvgIpc) is 2.86. The van der Waals surface area contributed by atoms with Gasteiger partial charge in [0.25, 0.3) is 5.91 Å². The smallest absolute Gasteiger partial charge is 0.317 e. The number of amides is 3. The number of carbonyl (C=O) groups is 2. The van der Waals surface area contributed by atoms with Crippen LogP contribution in [0.15, 0.2) is 24.3 Å². The van der Waals surface area contributed by atoms with Gasteiger partial charge in [-0.2, -0.15) is 0 Å². The quantitative estimate of drug-likeness (QED) is 0.851. The Labute approximate surface area is 130 Å². The van der Waals surface area contributed by atoms with E-state index in [0.717, 1.165) is 0 Å². The second-order valence-electron chi connectivity index (χ2n) is 6.15. The lowest BCUT2D eigenvalue weighted by atomic mass is 10.1. The molecule has 1 aromatic carbocycles. The number of carbonyl (C=O) groups excluding carboxylic acids is 2. The Morgan fingerprint density at radius 2 is 2.05 bits per heavy atom. The third-order valence-corrected chi connectivity index (χ3v) is 4.15. The Bertz CT molecular complexity index is 602. The van der Waals surface area contributed by atoms with Crippen LogP contribution in [0.4, 0.5) is 4.79 Å². The summed E-state index contributed by atoms with van der Waals surface area (Å²) < 4.78 is 6.02. The van der Waals surface area contributed by atoms with Crippen molar-refractivity contribution in [1.29, 1.82) is 0 Å². The normalized spacial score (nSPS) is 23.7. The van der Waals surface area contributed by atoms with Crippen molar-refractivity contribution in [2.75, 3.05) is 20.1 Å². The Morgan fingerprint density at radius 3 is 2.77 bits per heavy atom. The zero-order chi connectivity index (χ0) is 15.9. The van der Waals surface area contributed by atoms with E-state index in [-0.39, 0.29) is 30.1 Å². The molecule has 22 heavy (non-hydrogen) atoms. The number of benzene rings is 1. The minimum Gasteiger partial charge on any atom is -0.486 e. The first-order valence-electron chi connectivity index (χ1n) is 7.55. The maximum Gasteiger partial charge on any atom is 0.317 e. The molecule has 1 saturated heterocycles. The van der Waals surface area contributed by atoms with Gasteiger partial charge in [0.15, 0.2) is 0 Å². The number of likely N-dealkylation sites (N-methyl/N-ethyl adjacent to an activating group) is 1. The third-order valence-electron chi connectivity index (χ3n) is 4.15. The first-order chi connectivity index (χ1) is 10.5. The number of likely N-dealkylation sites (tertiary alicyclic amines) is 1. The topological polar surface area (TPSA) is 61.9 Å². The van der Waals surface area contributed by atoms with Gasteiger partial charge in [-0.1, -0.05) is 12.1 Å². The van der Waals surface area contributed by atoms with Crippen LogP contribution in [0, 0.1) is 0 Å². The van der Waals surface area contributed by atoms with Gasteiger partial charge >= 0.3 is 6.03 Å². The fraction of sp³-hybridized carbons (Fsp3) is 0.500. The number of nitrogens with zero attached hydrogens (tertiary/aromatic N) is 2. The molecular weight excluding hydrogens is 282 g/mol. The van der Waals surface area contributed by atoms with Crippen molar-refractivity contribution in [3.63, 3.8) is 0 Å². The SMILES string of the molecule is CC(C)NC(=O)N1C[C@@H]2Oc3ccccc3C(=O)N(C)[C@@H]2C1. The first kappa shape index (κ1) is 14.7. The molecule has 2 atom stereocenters. The van der Waals surface area contributed by atoms with Crippen molar-refractivity contribution in [1.82, 2.24) is 15.1 Å². The largest absolute Gasteiger partial charge is 0.486 e. The molecule has 0 unspecified atom stereocenters. The fourth-order valence-corrected chi connectivity index (χ4v) is 3.00. The van der Waals surface area contributed by atoms with Gasteiger partial charge in [-0.25, -0.2) is 4.79 Å². The second-order valence-corrected chi connectivity index (χ2v) is 6.15. The molecule has 0 spiro atoms. The van der Waals surface area contributed by atoms with E-state index in [1.165, 1.54) is 0 Å². The van der Waals surface area contributed by atoms with Crippen LogP contribution < -0.4 is 10.1 Å². The molecule has 3 amide bonds. The summed E-state index contributed by atoms with van der Waals surface area (Å²) in [7, 11) is 1.77. The minimum atomic E-state index is -0.199. The van der Waals surface area contributed by atoms with Crippen molar-refractivity contribution in [3.8, 4) is 5.75 Å². The molecule has 2 heterocycles. The molecule has 0 bridgehead atoms. The summed E-state index contributed by atoms with van der Waals surface area (Å²) in [5.41, 5.74) is 0.581. The Balaban J connectivity index is 1.83. The highest BCUT2D eigenvalue weighted by Gasteiger charge is 2.43. The molecule has 0 radical (unpaired) electrons. The molecule has 2 aliphatic rings. The summed E-state index contributed by atoms with van der Waals surface area (Å²) in [6.45, 7) is 4.82. The van der Waals surface area contributed by atoms with E-state index >= 15 is 0 Å². The van der Waals surface area contributed by atoms with Gasteiger partial charge in [0, 0.05) is 19.6 Å². The molecule has 118 valence electrons. The van der Waals surface area contributed by atoms with Crippen LogP contribution >= 0.6 is 0 Å². The molecule has 6 heteroatoms. The lowest BCUT2D eigenvalue weighted by molar-refractivity contribution is 0.0682. The standard InChI is InChI=1S/C16H21N3O3/c1-10(2)17-16(21)19-8-12-14(9-19)22-13-7-5-4-6-11(13)15(20)18(12)3/h4-7,10,12,14H,8-9H2,1-3H3,(H,17,21)/t12-,14+/m1/s1. The second kappa shape index (κ2) is 5.51. The number of nitrogens with one attached hydrogen (secondary N) is 1. The van der Waals surface area contributed by atoms with Gasteiger partial charge in [0.05, 0.1) is 18.2 Å². The monoisotopic (exact) mass is 303 g/mol. The molecule has 6 nitrogen and oxygen atoms in total. The lowest BCUT2D eigenvalue weighted by Gasteiger charge is -2.25. The summed E-state index contributed by atoms with van der Waals surface area (Å²) >= 11 is 0. The van der Waals surface area contributed by atoms with E-state index < -0.39 is 0 Å². The maximum atomic E-state index is 12.6. The van der Waals surface area contributed by atoms with E-state index in [4.69, 9.17) is 4.74 Å². The first-order valence-corrected chi connectivity index (χ1v) is 7.55. The van der Waals surface area contributed by atoms with Crippen LogP contribution in [-0.4, -0.2) is 60.1 Å². The van der Waals surface area contributed by atoms with Gasteiger partial charge < -0.3 is 19.9 Å². The van der Waals surface area contributed by atoms with Gasteiger partial charge in [-0.05, 0) is 26.0 Å². The van der Waals surface area contributed by atoms with Crippen molar-refractivity contribution in [3.05, 3.63) is 29.8 Å². The number of urea groups is 1. The predicted octanol–water partition coefficient (Wildman–Crippen LogP) is 1.32. The summed E-state index contributed by atoms with van der Waals surface area (Å²) in [5.74, 6) is 0.534. The van der Waals surface area contributed by atoms with E-state index in [2.05, 4.69) is 5.32 Å². The average molecular weight is 303 g/mol. The van der Waals surface area contributed by atoms with Gasteiger partial charge in [0.1, 0.15) is 11.9 Å². The highest BCUT2D eigenvalue weighted by molar-refractivity contribution is 5.97. The zero-order valence-electron chi connectivity index (χ0n) is 13.1. The zero-order valence-corrected chi connectivity index (χ0v) is 13.1. The minimum absolute atomic E-state index is 0.0609. The molecule has 0 saturated carbocycles. The van der Waals surface area contributed by atoms with Gasteiger partial charge in [0.2, 0.25) is 0 Å². The molecule has 0 aliphatic carbocycles. The van der Waals surface area contributed by atoms with Crippen LogP contribution in [0.3, 0.4) is 0 Å². The highest BCUT2D eigenvalue weighted by Crippen LogP contribution is 2.30. The van der Waals surface area contributed by atoms with Crippen molar-refractivity contribution < 1.29 is 14.3 Å². The number of ether oxygens (including phenoxy) is 1. The maximum absolute atomic E-state index is 12.6. The number of fused-ring (bicyclic) bond motifs is 2. The van der Waals surface area contributed by atoms with E-state index in [0.29, 0.717) is 24.4 Å². The van der Waals surface area contributed by atoms with Crippen molar-refractivity contribution in [2.24, 2.45) is 0 Å². The van der Waals surface area contributed by atoms with Crippen LogP contribution in [0.2, 0.25) is 0 Å². The number of rotatable bonds is 1. The number of hydrogen-bond acceptors (Lipinski definition) is 3. The van der Waals surface area contributed by atoms with Crippen LogP contribution in [0.5, 0.6) is 5.75 Å². The molecular formula is C16H21N3O3. The molecule has 2 aliphatic heterocycles. The summed E-state index contributed by atoms with van der Waals surface area (Å²) in [5, 5.41) is 2.88. The van der Waals surface area contributed by atoms with Gasteiger partial charge in [-0.15, -0.1) is 0 Å². The van der Waals surface area contributed by atoms with Gasteiger partial charge in [-0.3, -0.25) is 4.79 Å². The van der Waals surface area contributed by atoms with E-state index in [1.54, 1.807) is 29.0 Å². The highest BCUT2D eigenvalue weighted by atomic mass is 16.5. The van der Waals surface area contributed by atoms with Crippen LogP contribution in [-0.2, 0) is 0 Å². The van der Waals surface area contributed by atoms with Crippen molar-refractivity contribution in [2.45, 2.75) is 32.0 Å². The third kappa shape index (κ3) is 2.49. The fourth-order valence-electron chi connectivity index (χ4n) is 3.00. The van der Waals surface area contributed by atoms with Crippen molar-refractivity contribution >= 4 is 11.9 Å². The summed E-state index contributed by atoms with van der Waals surface area (Å²) in [6, 6.07) is 7.11. The predicted molar refractivity (Wildman–Crippen MR) is 82.0 cm³/mol. The van der Waals surface area contributed by atoms with Crippen LogP contribution in [0.1, 0.15) is 24.2 Å².